The first-order chi connectivity index (χ1) is 7.15. The molecule has 0 saturated carbocycles. The summed E-state index contributed by atoms with van der Waals surface area (Å²) in [7, 11) is 0. The number of rotatable bonds is 4. The van der Waals surface area contributed by atoms with Gasteiger partial charge in [0.05, 0.1) is 12.3 Å². The SMILES string of the molecule is CCOC(=O)C(C)(CC)c1ccccn1. The van der Waals surface area contributed by atoms with Crippen molar-refractivity contribution in [1.82, 2.24) is 4.98 Å². The second-order valence-electron chi connectivity index (χ2n) is 3.62. The van der Waals surface area contributed by atoms with Crippen LogP contribution in [0.1, 0.15) is 32.9 Å². The molecule has 1 atom stereocenters. The first-order valence-corrected chi connectivity index (χ1v) is 5.24. The minimum atomic E-state index is -0.628. The Labute approximate surface area is 90.5 Å². The van der Waals surface area contributed by atoms with Crippen molar-refractivity contribution in [2.45, 2.75) is 32.6 Å². The lowest BCUT2D eigenvalue weighted by atomic mass is 9.83. The Morgan fingerprint density at radius 3 is 2.67 bits per heavy atom. The fraction of sp³-hybridized carbons (Fsp3) is 0.500. The zero-order valence-corrected chi connectivity index (χ0v) is 9.49. The van der Waals surface area contributed by atoms with E-state index < -0.39 is 5.41 Å². The smallest absolute Gasteiger partial charge is 0.317 e. The molecule has 0 N–H and O–H groups in total. The maximum Gasteiger partial charge on any atom is 0.317 e. The Morgan fingerprint density at radius 2 is 2.20 bits per heavy atom. The Kier molecular flexibility index (Phi) is 3.83. The molecule has 1 aromatic rings. The van der Waals surface area contributed by atoms with E-state index in [9.17, 15) is 4.79 Å². The highest BCUT2D eigenvalue weighted by Crippen LogP contribution is 2.27. The van der Waals surface area contributed by atoms with Crippen LogP contribution in [0.4, 0.5) is 0 Å². The molecule has 0 bridgehead atoms. The molecule has 1 heterocycles. The lowest BCUT2D eigenvalue weighted by molar-refractivity contribution is -0.149. The number of nitrogens with zero attached hydrogens (tertiary/aromatic N) is 1. The van der Waals surface area contributed by atoms with Crippen molar-refractivity contribution >= 4 is 5.97 Å². The van der Waals surface area contributed by atoms with Gasteiger partial charge in [0.25, 0.3) is 0 Å². The average molecular weight is 207 g/mol. The van der Waals surface area contributed by atoms with Crippen molar-refractivity contribution in [3.63, 3.8) is 0 Å². The van der Waals surface area contributed by atoms with Crippen molar-refractivity contribution in [1.29, 1.82) is 0 Å². The summed E-state index contributed by atoms with van der Waals surface area (Å²) in [5, 5.41) is 0. The van der Waals surface area contributed by atoms with Crippen molar-refractivity contribution in [2.75, 3.05) is 6.61 Å². The van der Waals surface area contributed by atoms with Crippen LogP contribution >= 0.6 is 0 Å². The minimum Gasteiger partial charge on any atom is -0.465 e. The number of esters is 1. The summed E-state index contributed by atoms with van der Waals surface area (Å²) in [6.45, 7) is 6.05. The molecule has 82 valence electrons. The van der Waals surface area contributed by atoms with E-state index in [1.165, 1.54) is 0 Å². The quantitative estimate of drug-likeness (QED) is 0.711. The summed E-state index contributed by atoms with van der Waals surface area (Å²) < 4.78 is 5.07. The lowest BCUT2D eigenvalue weighted by Crippen LogP contribution is -2.34. The third-order valence-corrected chi connectivity index (χ3v) is 2.66. The van der Waals surface area contributed by atoms with Gasteiger partial charge in [0, 0.05) is 6.20 Å². The van der Waals surface area contributed by atoms with Crippen LogP contribution in [-0.2, 0) is 14.9 Å². The van der Waals surface area contributed by atoms with E-state index in [2.05, 4.69) is 4.98 Å². The molecule has 15 heavy (non-hydrogen) atoms. The van der Waals surface area contributed by atoms with Gasteiger partial charge in [0.15, 0.2) is 0 Å². The molecule has 0 aromatic carbocycles. The molecular weight excluding hydrogens is 190 g/mol. The van der Waals surface area contributed by atoms with Crippen LogP contribution in [-0.4, -0.2) is 17.6 Å². The van der Waals surface area contributed by atoms with Gasteiger partial charge >= 0.3 is 5.97 Å². The van der Waals surface area contributed by atoms with Crippen molar-refractivity contribution in [3.8, 4) is 0 Å². The maximum absolute atomic E-state index is 11.8. The normalized spacial score (nSPS) is 14.3. The van der Waals surface area contributed by atoms with Crippen LogP contribution in [0.5, 0.6) is 0 Å². The summed E-state index contributed by atoms with van der Waals surface area (Å²) >= 11 is 0. The Morgan fingerprint density at radius 1 is 1.47 bits per heavy atom. The van der Waals surface area contributed by atoms with Gasteiger partial charge in [-0.05, 0) is 32.4 Å². The molecule has 0 fully saturated rings. The molecule has 0 amide bonds. The fourth-order valence-electron chi connectivity index (χ4n) is 1.41. The van der Waals surface area contributed by atoms with Gasteiger partial charge in [-0.15, -0.1) is 0 Å². The summed E-state index contributed by atoms with van der Waals surface area (Å²) in [4.78, 5) is 16.1. The fourth-order valence-corrected chi connectivity index (χ4v) is 1.41. The number of hydrogen-bond acceptors (Lipinski definition) is 3. The van der Waals surface area contributed by atoms with Crippen LogP contribution in [0, 0.1) is 0 Å². The highest BCUT2D eigenvalue weighted by Gasteiger charge is 2.35. The second-order valence-corrected chi connectivity index (χ2v) is 3.62. The predicted molar refractivity (Wildman–Crippen MR) is 58.5 cm³/mol. The highest BCUT2D eigenvalue weighted by molar-refractivity contribution is 5.82. The van der Waals surface area contributed by atoms with Gasteiger partial charge in [-0.1, -0.05) is 13.0 Å². The van der Waals surface area contributed by atoms with E-state index in [0.29, 0.717) is 13.0 Å². The Hall–Kier alpha value is -1.38. The number of ether oxygens (including phenoxy) is 1. The third kappa shape index (κ3) is 2.35. The largest absolute Gasteiger partial charge is 0.465 e. The van der Waals surface area contributed by atoms with E-state index in [1.807, 2.05) is 39.0 Å². The number of carbonyl (C=O) groups excluding carboxylic acids is 1. The molecule has 0 spiro atoms. The molecule has 1 unspecified atom stereocenters. The zero-order chi connectivity index (χ0) is 11.3. The molecule has 1 aromatic heterocycles. The molecule has 0 radical (unpaired) electrons. The second kappa shape index (κ2) is 4.91. The van der Waals surface area contributed by atoms with E-state index in [0.717, 1.165) is 5.69 Å². The van der Waals surface area contributed by atoms with Crippen LogP contribution in [0.15, 0.2) is 24.4 Å². The minimum absolute atomic E-state index is 0.203. The standard InChI is InChI=1S/C12H17NO2/c1-4-12(3,11(14)15-5-2)10-8-6-7-9-13-10/h6-9H,4-5H2,1-3H3. The summed E-state index contributed by atoms with van der Waals surface area (Å²) in [5.74, 6) is -0.203. The van der Waals surface area contributed by atoms with Crippen LogP contribution in [0.25, 0.3) is 0 Å². The Balaban J connectivity index is 3.00. The van der Waals surface area contributed by atoms with Gasteiger partial charge in [0.2, 0.25) is 0 Å². The number of carbonyl (C=O) groups is 1. The Bertz CT molecular complexity index is 324. The average Bonchev–Trinajstić information content (AvgIpc) is 2.29. The molecule has 3 heteroatoms. The summed E-state index contributed by atoms with van der Waals surface area (Å²) in [6, 6.07) is 5.58. The molecule has 0 aliphatic heterocycles. The van der Waals surface area contributed by atoms with Crippen molar-refractivity contribution < 1.29 is 9.53 Å². The molecule has 0 aliphatic carbocycles. The van der Waals surface area contributed by atoms with Gasteiger partial charge in [-0.2, -0.15) is 0 Å². The summed E-state index contributed by atoms with van der Waals surface area (Å²) in [6.07, 6.45) is 2.38. The number of hydrogen-bond donors (Lipinski definition) is 0. The first-order valence-electron chi connectivity index (χ1n) is 5.24. The molecule has 3 nitrogen and oxygen atoms in total. The molecule has 0 saturated heterocycles. The van der Waals surface area contributed by atoms with Gasteiger partial charge in [0.1, 0.15) is 5.41 Å². The van der Waals surface area contributed by atoms with Gasteiger partial charge in [-0.3, -0.25) is 9.78 Å². The molecular formula is C12H17NO2. The van der Waals surface area contributed by atoms with E-state index in [4.69, 9.17) is 4.74 Å². The zero-order valence-electron chi connectivity index (χ0n) is 9.49. The third-order valence-electron chi connectivity index (χ3n) is 2.66. The van der Waals surface area contributed by atoms with Crippen molar-refractivity contribution in [2.24, 2.45) is 0 Å². The molecule has 1 rings (SSSR count). The van der Waals surface area contributed by atoms with E-state index >= 15 is 0 Å². The van der Waals surface area contributed by atoms with E-state index in [1.54, 1.807) is 6.20 Å². The number of aromatic nitrogens is 1. The van der Waals surface area contributed by atoms with E-state index in [-0.39, 0.29) is 5.97 Å². The van der Waals surface area contributed by atoms with Crippen LogP contribution in [0.2, 0.25) is 0 Å². The maximum atomic E-state index is 11.8. The van der Waals surface area contributed by atoms with Crippen molar-refractivity contribution in [3.05, 3.63) is 30.1 Å². The van der Waals surface area contributed by atoms with Gasteiger partial charge < -0.3 is 4.74 Å². The monoisotopic (exact) mass is 207 g/mol. The predicted octanol–water partition coefficient (Wildman–Crippen LogP) is 2.31. The first kappa shape index (κ1) is 11.7. The van der Waals surface area contributed by atoms with Crippen LogP contribution < -0.4 is 0 Å². The molecule has 0 aliphatic rings. The highest BCUT2D eigenvalue weighted by atomic mass is 16.5. The summed E-state index contributed by atoms with van der Waals surface area (Å²) in [5.41, 5.74) is 0.142. The lowest BCUT2D eigenvalue weighted by Gasteiger charge is -2.24. The number of pyridine rings is 1. The van der Waals surface area contributed by atoms with Crippen LogP contribution in [0.3, 0.4) is 0 Å². The van der Waals surface area contributed by atoms with Gasteiger partial charge in [-0.25, -0.2) is 0 Å². The topological polar surface area (TPSA) is 39.2 Å².